The van der Waals surface area contributed by atoms with Crippen LogP contribution >= 0.6 is 12.4 Å². The smallest absolute Gasteiger partial charge is 0.410 e. The van der Waals surface area contributed by atoms with Crippen LogP contribution in [0.15, 0.2) is 48.6 Å². The Hall–Kier alpha value is -3.90. The average molecular weight is 611 g/mol. The third kappa shape index (κ3) is 9.88. The van der Waals surface area contributed by atoms with Crippen molar-refractivity contribution < 1.29 is 48.0 Å². The molecule has 0 radical (unpaired) electrons. The van der Waals surface area contributed by atoms with Crippen LogP contribution in [0, 0.1) is 5.92 Å². The van der Waals surface area contributed by atoms with E-state index < -0.39 is 72.3 Å². The highest BCUT2D eigenvalue weighted by Gasteiger charge is 2.50. The first kappa shape index (κ1) is 36.1. The van der Waals surface area contributed by atoms with Gasteiger partial charge in [0.1, 0.15) is 0 Å². The minimum Gasteiger partial charge on any atom is -0.478 e. The molecular formula is C29H39ClN2O10. The standard InChI is InChI=1S/C29H38N2O10.ClH/c1-17(2)27(36)39-19(5)40-28(37)31-23(15-24(32)38-18(3)4)29(41-25(33)16-30-6)14-10-9-13-22(29)20-11-7-8-12-21(20)26(34)35;/h7-14,17-19,22-23,30H,15-16H2,1-6H3,(H,31,37)(H,34,35);1H/t19?,22?,23?,29-;/m0./s1. The van der Waals surface area contributed by atoms with Crippen molar-refractivity contribution in [1.82, 2.24) is 10.6 Å². The fraction of sp³-hybridized carbons (Fsp3) is 0.483. The Balaban J connectivity index is 0.00000882. The largest absolute Gasteiger partial charge is 0.478 e. The van der Waals surface area contributed by atoms with Crippen molar-refractivity contribution >= 4 is 42.4 Å². The maximum Gasteiger partial charge on any atom is 0.410 e. The molecule has 1 amide bonds. The number of hydrogen-bond acceptors (Lipinski definition) is 10. The topological polar surface area (TPSA) is 167 Å². The summed E-state index contributed by atoms with van der Waals surface area (Å²) >= 11 is 0. The van der Waals surface area contributed by atoms with E-state index in [1.54, 1.807) is 64.1 Å². The van der Waals surface area contributed by atoms with Gasteiger partial charge in [0.2, 0.25) is 6.29 Å². The molecule has 0 saturated carbocycles. The molecule has 1 aromatic carbocycles. The van der Waals surface area contributed by atoms with Crippen molar-refractivity contribution in [1.29, 1.82) is 0 Å². The number of allylic oxidation sites excluding steroid dienone is 2. The quantitative estimate of drug-likeness (QED) is 0.170. The lowest BCUT2D eigenvalue weighted by molar-refractivity contribution is -0.170. The van der Waals surface area contributed by atoms with E-state index in [2.05, 4.69) is 10.6 Å². The van der Waals surface area contributed by atoms with Gasteiger partial charge in [-0.3, -0.25) is 14.4 Å². The normalized spacial score (nSPS) is 18.8. The molecular weight excluding hydrogens is 572 g/mol. The highest BCUT2D eigenvalue weighted by Crippen LogP contribution is 2.42. The highest BCUT2D eigenvalue weighted by molar-refractivity contribution is 5.90. The van der Waals surface area contributed by atoms with E-state index in [9.17, 15) is 29.1 Å². The number of ether oxygens (including phenoxy) is 4. The number of amides is 1. The fourth-order valence-electron chi connectivity index (χ4n) is 4.28. The van der Waals surface area contributed by atoms with Crippen LogP contribution in [0.1, 0.15) is 62.9 Å². The maximum atomic E-state index is 13.1. The molecule has 3 unspecified atom stereocenters. The van der Waals surface area contributed by atoms with E-state index in [1.807, 2.05) is 0 Å². The van der Waals surface area contributed by atoms with Crippen LogP contribution in [0.4, 0.5) is 4.79 Å². The second kappa shape index (κ2) is 16.5. The SMILES string of the molecule is CNCC(=O)O[C@@]1(C(CC(=O)OC(C)C)NC(=O)OC(C)OC(=O)C(C)C)C=CC=CC1c1ccccc1C(=O)O.Cl. The zero-order valence-electron chi connectivity index (χ0n) is 24.4. The third-order valence-corrected chi connectivity index (χ3v) is 6.00. The number of likely N-dealkylation sites (N-methyl/N-ethyl adjacent to an activating group) is 1. The van der Waals surface area contributed by atoms with Crippen molar-refractivity contribution in [3.8, 4) is 0 Å². The first-order valence-electron chi connectivity index (χ1n) is 13.2. The Morgan fingerprint density at radius 2 is 1.62 bits per heavy atom. The lowest BCUT2D eigenvalue weighted by Gasteiger charge is -2.44. The molecule has 232 valence electrons. The van der Waals surface area contributed by atoms with Crippen molar-refractivity contribution in [2.24, 2.45) is 5.92 Å². The van der Waals surface area contributed by atoms with Crippen LogP contribution in [-0.2, 0) is 33.3 Å². The van der Waals surface area contributed by atoms with Gasteiger partial charge >= 0.3 is 30.0 Å². The Kier molecular flexibility index (Phi) is 14.2. The second-order valence-electron chi connectivity index (χ2n) is 9.98. The van der Waals surface area contributed by atoms with E-state index in [0.29, 0.717) is 0 Å². The van der Waals surface area contributed by atoms with Gasteiger partial charge in [0.15, 0.2) is 5.60 Å². The van der Waals surface area contributed by atoms with E-state index in [-0.39, 0.29) is 30.1 Å². The van der Waals surface area contributed by atoms with Gasteiger partial charge in [-0.05, 0) is 38.6 Å². The first-order chi connectivity index (χ1) is 19.3. The third-order valence-electron chi connectivity index (χ3n) is 6.00. The highest BCUT2D eigenvalue weighted by atomic mass is 35.5. The van der Waals surface area contributed by atoms with Crippen LogP contribution < -0.4 is 10.6 Å². The summed E-state index contributed by atoms with van der Waals surface area (Å²) in [5, 5.41) is 15.2. The molecule has 0 aliphatic heterocycles. The molecule has 2 rings (SSSR count). The summed E-state index contributed by atoms with van der Waals surface area (Å²) in [5.74, 6) is -4.70. The van der Waals surface area contributed by atoms with Gasteiger partial charge in [-0.25, -0.2) is 9.59 Å². The number of carbonyl (C=O) groups is 5. The molecule has 0 heterocycles. The number of rotatable bonds is 13. The number of alkyl carbamates (subject to hydrolysis) is 1. The second-order valence-corrected chi connectivity index (χ2v) is 9.98. The summed E-state index contributed by atoms with van der Waals surface area (Å²) in [4.78, 5) is 63.0. The van der Waals surface area contributed by atoms with E-state index in [0.717, 1.165) is 0 Å². The predicted molar refractivity (Wildman–Crippen MR) is 154 cm³/mol. The zero-order chi connectivity index (χ0) is 30.7. The van der Waals surface area contributed by atoms with Gasteiger partial charge in [-0.2, -0.15) is 0 Å². The molecule has 12 nitrogen and oxygen atoms in total. The van der Waals surface area contributed by atoms with Gasteiger partial charge in [0.25, 0.3) is 0 Å². The van der Waals surface area contributed by atoms with Crippen molar-refractivity contribution in [2.45, 2.75) is 71.0 Å². The van der Waals surface area contributed by atoms with Gasteiger partial charge < -0.3 is 34.7 Å². The Morgan fingerprint density at radius 1 is 0.952 bits per heavy atom. The molecule has 0 bridgehead atoms. The molecule has 1 aliphatic rings. The molecule has 3 N–H and O–H groups in total. The van der Waals surface area contributed by atoms with Crippen LogP contribution in [-0.4, -0.2) is 72.7 Å². The number of benzene rings is 1. The number of aromatic carboxylic acids is 1. The number of nitrogens with one attached hydrogen (secondary N) is 2. The Morgan fingerprint density at radius 3 is 2.21 bits per heavy atom. The van der Waals surface area contributed by atoms with E-state index in [4.69, 9.17) is 18.9 Å². The average Bonchev–Trinajstić information content (AvgIpc) is 2.87. The van der Waals surface area contributed by atoms with Gasteiger partial charge in [-0.15, -0.1) is 12.4 Å². The van der Waals surface area contributed by atoms with Crippen molar-refractivity contribution in [3.63, 3.8) is 0 Å². The zero-order valence-corrected chi connectivity index (χ0v) is 25.3. The lowest BCUT2D eigenvalue weighted by atomic mass is 9.72. The first-order valence-corrected chi connectivity index (χ1v) is 13.2. The summed E-state index contributed by atoms with van der Waals surface area (Å²) in [6, 6.07) is 4.83. The van der Waals surface area contributed by atoms with Gasteiger partial charge in [0, 0.05) is 12.8 Å². The van der Waals surface area contributed by atoms with Crippen LogP contribution in [0.25, 0.3) is 0 Å². The minimum absolute atomic E-state index is 0. The molecule has 13 heteroatoms. The van der Waals surface area contributed by atoms with Crippen molar-refractivity contribution in [3.05, 3.63) is 59.7 Å². The monoisotopic (exact) mass is 610 g/mol. The molecule has 0 aromatic heterocycles. The summed E-state index contributed by atoms with van der Waals surface area (Å²) in [7, 11) is 1.54. The van der Waals surface area contributed by atoms with Gasteiger partial charge in [-0.1, -0.05) is 50.3 Å². The molecule has 0 fully saturated rings. The Bertz CT molecular complexity index is 1180. The van der Waals surface area contributed by atoms with Crippen molar-refractivity contribution in [2.75, 3.05) is 13.6 Å². The fourth-order valence-corrected chi connectivity index (χ4v) is 4.28. The number of hydrogen-bond donors (Lipinski definition) is 3. The number of halogens is 1. The van der Waals surface area contributed by atoms with Crippen LogP contribution in [0.5, 0.6) is 0 Å². The van der Waals surface area contributed by atoms with E-state index >= 15 is 0 Å². The molecule has 1 aliphatic carbocycles. The lowest BCUT2D eigenvalue weighted by Crippen LogP contribution is -2.59. The predicted octanol–water partition coefficient (Wildman–Crippen LogP) is 3.50. The van der Waals surface area contributed by atoms with E-state index in [1.165, 1.54) is 26.1 Å². The number of esters is 3. The molecule has 4 atom stereocenters. The maximum absolute atomic E-state index is 13.1. The molecule has 0 saturated heterocycles. The summed E-state index contributed by atoms with van der Waals surface area (Å²) in [5.41, 5.74) is -1.59. The Labute approximate surface area is 251 Å². The molecule has 1 aromatic rings. The minimum atomic E-state index is -1.80. The van der Waals surface area contributed by atoms with Crippen LogP contribution in [0.2, 0.25) is 0 Å². The van der Waals surface area contributed by atoms with Gasteiger partial charge in [0.05, 0.1) is 36.6 Å². The number of carbonyl (C=O) groups excluding carboxylic acids is 4. The number of carboxylic acids is 1. The molecule has 42 heavy (non-hydrogen) atoms. The summed E-state index contributed by atoms with van der Waals surface area (Å²) in [6.45, 7) is 7.66. The summed E-state index contributed by atoms with van der Waals surface area (Å²) in [6.07, 6.45) is 2.99. The summed E-state index contributed by atoms with van der Waals surface area (Å²) < 4.78 is 21.6. The number of carboxylic acid groups (broad SMARTS) is 1. The van der Waals surface area contributed by atoms with Crippen LogP contribution in [0.3, 0.4) is 0 Å². The molecule has 0 spiro atoms.